The Morgan fingerprint density at radius 3 is 2.18 bits per heavy atom. The molecule has 11 heavy (non-hydrogen) atoms. The maximum absolute atomic E-state index is 6.08. The first kappa shape index (κ1) is 9.12. The van der Waals surface area contributed by atoms with E-state index in [4.69, 9.17) is 11.6 Å². The third-order valence-electron chi connectivity index (χ3n) is 3.30. The van der Waals surface area contributed by atoms with E-state index in [1.807, 2.05) is 0 Å². The summed E-state index contributed by atoms with van der Waals surface area (Å²) in [4.78, 5) is 0. The summed E-state index contributed by atoms with van der Waals surface area (Å²) < 4.78 is 0. The largest absolute Gasteiger partial charge is 0.0892 e. The molecule has 0 heterocycles. The monoisotopic (exact) mass is 172 g/mol. The van der Waals surface area contributed by atoms with E-state index in [0.717, 1.165) is 16.9 Å². The molecule has 1 aliphatic carbocycles. The number of rotatable bonds is 0. The van der Waals surface area contributed by atoms with Gasteiger partial charge in [-0.2, -0.15) is 0 Å². The van der Waals surface area contributed by atoms with E-state index in [1.165, 1.54) is 0 Å². The second kappa shape index (κ2) is 3.18. The molecule has 4 unspecified atom stereocenters. The highest BCUT2D eigenvalue weighted by molar-refractivity contribution is 6.29. The van der Waals surface area contributed by atoms with Crippen molar-refractivity contribution in [1.82, 2.24) is 0 Å². The zero-order valence-electron chi connectivity index (χ0n) is 7.76. The molecule has 1 aliphatic rings. The summed E-state index contributed by atoms with van der Waals surface area (Å²) in [7, 11) is 0. The summed E-state index contributed by atoms with van der Waals surface area (Å²) in [5.74, 6) is 2.70. The van der Waals surface area contributed by atoms with Gasteiger partial charge >= 0.3 is 0 Å². The third-order valence-corrected chi connectivity index (χ3v) is 3.77. The van der Waals surface area contributed by atoms with Crippen LogP contribution in [0.5, 0.6) is 0 Å². The van der Waals surface area contributed by atoms with Gasteiger partial charge < -0.3 is 0 Å². The standard InChI is InChI=1S/C10H17Cl/c1-6-5-10(11)9(4)8(3)7(6)2/h5-9H,1-4H3. The summed E-state index contributed by atoms with van der Waals surface area (Å²) in [5, 5.41) is 1.06. The first-order valence-corrected chi connectivity index (χ1v) is 4.79. The Kier molecular flexibility index (Phi) is 2.64. The lowest BCUT2D eigenvalue weighted by molar-refractivity contribution is 0.246. The normalized spacial score (nSPS) is 45.4. The van der Waals surface area contributed by atoms with Crippen LogP contribution < -0.4 is 0 Å². The van der Waals surface area contributed by atoms with Crippen molar-refractivity contribution in [3.05, 3.63) is 11.1 Å². The van der Waals surface area contributed by atoms with Gasteiger partial charge in [0, 0.05) is 5.03 Å². The SMILES string of the molecule is CC1C=C(Cl)C(C)C(C)C1C. The molecule has 1 heteroatoms. The van der Waals surface area contributed by atoms with Crippen LogP contribution in [0.15, 0.2) is 11.1 Å². The zero-order valence-corrected chi connectivity index (χ0v) is 8.52. The average Bonchev–Trinajstić information content (AvgIpc) is 1.97. The van der Waals surface area contributed by atoms with Gasteiger partial charge in [0.2, 0.25) is 0 Å². The summed E-state index contributed by atoms with van der Waals surface area (Å²) in [5.41, 5.74) is 0. The van der Waals surface area contributed by atoms with Gasteiger partial charge in [-0.15, -0.1) is 0 Å². The molecule has 0 fully saturated rings. The van der Waals surface area contributed by atoms with E-state index in [-0.39, 0.29) is 0 Å². The molecule has 64 valence electrons. The molecule has 1 rings (SSSR count). The van der Waals surface area contributed by atoms with E-state index < -0.39 is 0 Å². The highest BCUT2D eigenvalue weighted by Crippen LogP contribution is 2.38. The van der Waals surface area contributed by atoms with Gasteiger partial charge in [-0.25, -0.2) is 0 Å². The Morgan fingerprint density at radius 2 is 1.64 bits per heavy atom. The van der Waals surface area contributed by atoms with Crippen molar-refractivity contribution in [2.45, 2.75) is 27.7 Å². The van der Waals surface area contributed by atoms with Crippen molar-refractivity contribution in [1.29, 1.82) is 0 Å². The average molecular weight is 173 g/mol. The number of hydrogen-bond acceptors (Lipinski definition) is 0. The van der Waals surface area contributed by atoms with E-state index in [2.05, 4.69) is 33.8 Å². The van der Waals surface area contributed by atoms with E-state index in [1.54, 1.807) is 0 Å². The maximum Gasteiger partial charge on any atom is 0.0174 e. The van der Waals surface area contributed by atoms with Crippen LogP contribution in [0.4, 0.5) is 0 Å². The number of halogens is 1. The molecule has 0 saturated heterocycles. The fraction of sp³-hybridized carbons (Fsp3) is 0.800. The van der Waals surface area contributed by atoms with Gasteiger partial charge in [0.25, 0.3) is 0 Å². The molecule has 0 aromatic rings. The third kappa shape index (κ3) is 1.61. The molecular formula is C10H17Cl. The minimum absolute atomic E-state index is 0.558. The van der Waals surface area contributed by atoms with E-state index >= 15 is 0 Å². The summed E-state index contributed by atoms with van der Waals surface area (Å²) in [6.07, 6.45) is 2.21. The van der Waals surface area contributed by atoms with Crippen LogP contribution in [0.1, 0.15) is 27.7 Å². The Bertz CT molecular complexity index is 172. The van der Waals surface area contributed by atoms with Crippen molar-refractivity contribution in [3.63, 3.8) is 0 Å². The smallest absolute Gasteiger partial charge is 0.0174 e. The van der Waals surface area contributed by atoms with Crippen molar-refractivity contribution < 1.29 is 0 Å². The van der Waals surface area contributed by atoms with Crippen LogP contribution in [-0.4, -0.2) is 0 Å². The van der Waals surface area contributed by atoms with Crippen LogP contribution in [0, 0.1) is 23.7 Å². The van der Waals surface area contributed by atoms with Gasteiger partial charge in [-0.3, -0.25) is 0 Å². The number of allylic oxidation sites excluding steroid dienone is 2. The van der Waals surface area contributed by atoms with Crippen molar-refractivity contribution in [3.8, 4) is 0 Å². The Hall–Kier alpha value is 0.0300. The lowest BCUT2D eigenvalue weighted by atomic mass is 9.74. The van der Waals surface area contributed by atoms with Crippen molar-refractivity contribution in [2.75, 3.05) is 0 Å². The van der Waals surface area contributed by atoms with Crippen molar-refractivity contribution >= 4 is 11.6 Å². The lowest BCUT2D eigenvalue weighted by Crippen LogP contribution is -2.26. The van der Waals surface area contributed by atoms with E-state index in [9.17, 15) is 0 Å². The molecule has 0 radical (unpaired) electrons. The topological polar surface area (TPSA) is 0 Å². The molecule has 0 bridgehead atoms. The molecule has 0 saturated carbocycles. The molecular weight excluding hydrogens is 156 g/mol. The first-order chi connectivity index (χ1) is 5.04. The molecule has 0 aliphatic heterocycles. The fourth-order valence-electron chi connectivity index (χ4n) is 1.74. The van der Waals surface area contributed by atoms with Crippen LogP contribution in [0.2, 0.25) is 0 Å². The fourth-order valence-corrected chi connectivity index (χ4v) is 2.14. The Balaban J connectivity index is 2.83. The Labute approximate surface area is 74.6 Å². The number of hydrogen-bond donors (Lipinski definition) is 0. The molecule has 4 atom stereocenters. The van der Waals surface area contributed by atoms with Gasteiger partial charge in [0.15, 0.2) is 0 Å². The van der Waals surface area contributed by atoms with Crippen LogP contribution in [0.25, 0.3) is 0 Å². The second-order valence-corrected chi connectivity index (χ2v) is 4.35. The summed E-state index contributed by atoms with van der Waals surface area (Å²) in [6, 6.07) is 0. The van der Waals surface area contributed by atoms with Crippen molar-refractivity contribution in [2.24, 2.45) is 23.7 Å². The lowest BCUT2D eigenvalue weighted by Gasteiger charge is -2.34. The first-order valence-electron chi connectivity index (χ1n) is 4.41. The molecule has 0 aromatic heterocycles. The van der Waals surface area contributed by atoms with Crippen LogP contribution in [-0.2, 0) is 0 Å². The maximum atomic E-state index is 6.08. The molecule has 0 N–H and O–H groups in total. The van der Waals surface area contributed by atoms with Gasteiger partial charge in [-0.1, -0.05) is 45.4 Å². The minimum atomic E-state index is 0.558. The predicted molar refractivity (Wildman–Crippen MR) is 50.6 cm³/mol. The predicted octanol–water partition coefficient (Wildman–Crippen LogP) is 3.67. The van der Waals surface area contributed by atoms with Crippen LogP contribution in [0.3, 0.4) is 0 Å². The quantitative estimate of drug-likeness (QED) is 0.523. The molecule has 0 spiro atoms. The zero-order chi connectivity index (χ0) is 8.59. The van der Waals surface area contributed by atoms with Gasteiger partial charge in [0.05, 0.1) is 0 Å². The minimum Gasteiger partial charge on any atom is -0.0892 e. The summed E-state index contributed by atoms with van der Waals surface area (Å²) >= 11 is 6.08. The molecule has 0 aromatic carbocycles. The molecule has 0 nitrogen and oxygen atoms in total. The Morgan fingerprint density at radius 1 is 1.09 bits per heavy atom. The van der Waals surface area contributed by atoms with Crippen LogP contribution >= 0.6 is 11.6 Å². The van der Waals surface area contributed by atoms with Gasteiger partial charge in [-0.05, 0) is 23.7 Å². The van der Waals surface area contributed by atoms with E-state index in [0.29, 0.717) is 11.8 Å². The second-order valence-electron chi connectivity index (χ2n) is 3.92. The highest BCUT2D eigenvalue weighted by atomic mass is 35.5. The van der Waals surface area contributed by atoms with Gasteiger partial charge in [0.1, 0.15) is 0 Å². The highest BCUT2D eigenvalue weighted by Gasteiger charge is 2.29. The summed E-state index contributed by atoms with van der Waals surface area (Å²) in [6.45, 7) is 9.06. The molecule has 0 amide bonds.